The SMILES string of the molecule is CCCS(=O)(=O)NC1CCCS(=O)(=O)C1. The Kier molecular flexibility index (Phi) is 4.13. The molecule has 0 radical (unpaired) electrons. The summed E-state index contributed by atoms with van der Waals surface area (Å²) < 4.78 is 47.8. The third kappa shape index (κ3) is 4.48. The number of rotatable bonds is 4. The Labute approximate surface area is 91.2 Å². The summed E-state index contributed by atoms with van der Waals surface area (Å²) >= 11 is 0. The van der Waals surface area contributed by atoms with Crippen LogP contribution >= 0.6 is 0 Å². The topological polar surface area (TPSA) is 80.3 Å². The summed E-state index contributed by atoms with van der Waals surface area (Å²) in [5.41, 5.74) is 0. The first-order valence-corrected chi connectivity index (χ1v) is 8.52. The molecule has 0 amide bonds. The molecule has 1 aliphatic rings. The van der Waals surface area contributed by atoms with Gasteiger partial charge in [0.15, 0.2) is 9.84 Å². The van der Waals surface area contributed by atoms with Crippen LogP contribution in [0.15, 0.2) is 0 Å². The van der Waals surface area contributed by atoms with E-state index < -0.39 is 25.9 Å². The average Bonchev–Trinajstić information content (AvgIpc) is 1.99. The fourth-order valence-electron chi connectivity index (χ4n) is 1.70. The van der Waals surface area contributed by atoms with E-state index in [0.29, 0.717) is 19.3 Å². The van der Waals surface area contributed by atoms with Gasteiger partial charge < -0.3 is 0 Å². The smallest absolute Gasteiger partial charge is 0.211 e. The highest BCUT2D eigenvalue weighted by Crippen LogP contribution is 2.12. The first kappa shape index (κ1) is 12.9. The van der Waals surface area contributed by atoms with Gasteiger partial charge in [0, 0.05) is 6.04 Å². The largest absolute Gasteiger partial charge is 0.229 e. The minimum atomic E-state index is -3.30. The van der Waals surface area contributed by atoms with Crippen molar-refractivity contribution in [3.63, 3.8) is 0 Å². The van der Waals surface area contributed by atoms with Gasteiger partial charge in [-0.3, -0.25) is 0 Å². The van der Waals surface area contributed by atoms with Crippen LogP contribution in [0.2, 0.25) is 0 Å². The number of hydrogen-bond donors (Lipinski definition) is 1. The summed E-state index contributed by atoms with van der Waals surface area (Å²) in [6, 6.07) is -0.430. The van der Waals surface area contributed by atoms with E-state index in [-0.39, 0.29) is 17.3 Å². The highest BCUT2D eigenvalue weighted by atomic mass is 32.2. The summed E-state index contributed by atoms with van der Waals surface area (Å²) in [5.74, 6) is 0.179. The van der Waals surface area contributed by atoms with E-state index in [1.807, 2.05) is 0 Å². The van der Waals surface area contributed by atoms with Crippen molar-refractivity contribution in [3.05, 3.63) is 0 Å². The number of sulfone groups is 1. The standard InChI is InChI=1S/C8H17NO4S2/c1-2-5-15(12,13)9-8-4-3-6-14(10,11)7-8/h8-9H,2-7H2,1H3. The molecule has 5 nitrogen and oxygen atoms in total. The second-order valence-corrected chi connectivity index (χ2v) is 7.99. The van der Waals surface area contributed by atoms with Gasteiger partial charge in [0.25, 0.3) is 0 Å². The zero-order valence-electron chi connectivity index (χ0n) is 8.77. The molecule has 1 heterocycles. The first-order valence-electron chi connectivity index (χ1n) is 5.05. The zero-order chi connectivity index (χ0) is 11.5. The zero-order valence-corrected chi connectivity index (χ0v) is 10.4. The van der Waals surface area contributed by atoms with Crippen LogP contribution in [-0.4, -0.2) is 40.1 Å². The normalized spacial score (nSPS) is 26.3. The van der Waals surface area contributed by atoms with Crippen LogP contribution in [0.5, 0.6) is 0 Å². The fourth-order valence-corrected chi connectivity index (χ4v) is 4.80. The van der Waals surface area contributed by atoms with Crippen LogP contribution in [0.1, 0.15) is 26.2 Å². The number of nitrogens with one attached hydrogen (secondary N) is 1. The van der Waals surface area contributed by atoms with Crippen LogP contribution < -0.4 is 4.72 Å². The molecule has 1 N–H and O–H groups in total. The minimum Gasteiger partial charge on any atom is -0.229 e. The molecule has 1 fully saturated rings. The number of hydrogen-bond acceptors (Lipinski definition) is 4. The van der Waals surface area contributed by atoms with E-state index in [2.05, 4.69) is 4.72 Å². The molecule has 0 saturated carbocycles. The molecule has 0 spiro atoms. The molecule has 1 unspecified atom stereocenters. The van der Waals surface area contributed by atoms with Gasteiger partial charge in [-0.05, 0) is 19.3 Å². The second-order valence-electron chi connectivity index (χ2n) is 3.89. The van der Waals surface area contributed by atoms with Gasteiger partial charge in [-0.25, -0.2) is 21.6 Å². The van der Waals surface area contributed by atoms with Gasteiger partial charge in [0.05, 0.1) is 17.3 Å². The minimum absolute atomic E-state index is 0.0591. The van der Waals surface area contributed by atoms with E-state index in [1.54, 1.807) is 6.92 Å². The van der Waals surface area contributed by atoms with Gasteiger partial charge in [-0.1, -0.05) is 6.92 Å². The lowest BCUT2D eigenvalue weighted by Crippen LogP contribution is -2.43. The summed E-state index contributed by atoms with van der Waals surface area (Å²) in [4.78, 5) is 0. The Hall–Kier alpha value is -0.140. The van der Waals surface area contributed by atoms with Gasteiger partial charge in [0.1, 0.15) is 0 Å². The van der Waals surface area contributed by atoms with Crippen LogP contribution in [0.25, 0.3) is 0 Å². The van der Waals surface area contributed by atoms with Crippen molar-refractivity contribution >= 4 is 19.9 Å². The predicted molar refractivity (Wildman–Crippen MR) is 58.9 cm³/mol. The molecule has 15 heavy (non-hydrogen) atoms. The van der Waals surface area contributed by atoms with Crippen LogP contribution in [-0.2, 0) is 19.9 Å². The summed E-state index contributed by atoms with van der Waals surface area (Å²) in [6.07, 6.45) is 1.69. The third-order valence-electron chi connectivity index (χ3n) is 2.28. The molecule has 1 saturated heterocycles. The van der Waals surface area contributed by atoms with Crippen LogP contribution in [0.3, 0.4) is 0 Å². The lowest BCUT2D eigenvalue weighted by molar-refractivity contribution is 0.517. The molecule has 1 aliphatic heterocycles. The summed E-state index contributed by atoms with van der Waals surface area (Å²) in [5, 5.41) is 0. The molecule has 1 rings (SSSR count). The van der Waals surface area contributed by atoms with Crippen molar-refractivity contribution < 1.29 is 16.8 Å². The summed E-state index contributed by atoms with van der Waals surface area (Å²) in [7, 11) is -6.34. The first-order chi connectivity index (χ1) is 6.85. The maximum absolute atomic E-state index is 11.4. The van der Waals surface area contributed by atoms with E-state index in [0.717, 1.165) is 0 Å². The maximum atomic E-state index is 11.4. The quantitative estimate of drug-likeness (QED) is 0.760. The van der Waals surface area contributed by atoms with Crippen LogP contribution in [0, 0.1) is 0 Å². The van der Waals surface area contributed by atoms with Gasteiger partial charge in [-0.2, -0.15) is 0 Å². The number of sulfonamides is 1. The summed E-state index contributed by atoms with van der Waals surface area (Å²) in [6.45, 7) is 1.77. The molecule has 0 aromatic heterocycles. The van der Waals surface area contributed by atoms with Crippen molar-refractivity contribution in [2.75, 3.05) is 17.3 Å². The van der Waals surface area contributed by atoms with Crippen molar-refractivity contribution in [3.8, 4) is 0 Å². The van der Waals surface area contributed by atoms with Crippen molar-refractivity contribution in [1.82, 2.24) is 4.72 Å². The molecule has 90 valence electrons. The van der Waals surface area contributed by atoms with E-state index in [9.17, 15) is 16.8 Å². The van der Waals surface area contributed by atoms with Crippen molar-refractivity contribution in [2.24, 2.45) is 0 Å². The third-order valence-corrected chi connectivity index (χ3v) is 5.74. The molecule has 1 atom stereocenters. The molecular weight excluding hydrogens is 238 g/mol. The van der Waals surface area contributed by atoms with Crippen LogP contribution in [0.4, 0.5) is 0 Å². The molecule has 0 aromatic rings. The molecule has 0 bridgehead atoms. The van der Waals surface area contributed by atoms with Gasteiger partial charge in [-0.15, -0.1) is 0 Å². The Morgan fingerprint density at radius 2 is 2.07 bits per heavy atom. The predicted octanol–water partition coefficient (Wildman–Crippen LogP) is -0.107. The van der Waals surface area contributed by atoms with Crippen molar-refractivity contribution in [1.29, 1.82) is 0 Å². The van der Waals surface area contributed by atoms with Crippen molar-refractivity contribution in [2.45, 2.75) is 32.2 Å². The van der Waals surface area contributed by atoms with Gasteiger partial charge in [0.2, 0.25) is 10.0 Å². The molecular formula is C8H17NO4S2. The van der Waals surface area contributed by atoms with E-state index in [1.165, 1.54) is 0 Å². The lowest BCUT2D eigenvalue weighted by Gasteiger charge is -2.22. The van der Waals surface area contributed by atoms with E-state index >= 15 is 0 Å². The fraction of sp³-hybridized carbons (Fsp3) is 1.00. The Morgan fingerprint density at radius 1 is 1.40 bits per heavy atom. The van der Waals surface area contributed by atoms with Gasteiger partial charge >= 0.3 is 0 Å². The highest BCUT2D eigenvalue weighted by molar-refractivity contribution is 7.91. The Morgan fingerprint density at radius 3 is 2.60 bits per heavy atom. The second kappa shape index (κ2) is 4.80. The molecule has 0 aromatic carbocycles. The Bertz CT molecular complexity index is 398. The monoisotopic (exact) mass is 255 g/mol. The van der Waals surface area contributed by atoms with E-state index in [4.69, 9.17) is 0 Å². The maximum Gasteiger partial charge on any atom is 0.211 e. The molecule has 0 aliphatic carbocycles. The average molecular weight is 255 g/mol. The Balaban J connectivity index is 2.60. The lowest BCUT2D eigenvalue weighted by atomic mass is 10.2. The molecule has 7 heteroatoms. The highest BCUT2D eigenvalue weighted by Gasteiger charge is 2.27.